The smallest absolute Gasteiger partial charge is 0.137 e. The zero-order valence-corrected chi connectivity index (χ0v) is 11.7. The molecular weight excluding hydrogens is 269 g/mol. The number of aryl methyl sites for hydroxylation is 1. The quantitative estimate of drug-likeness (QED) is 0.768. The fourth-order valence-corrected chi connectivity index (χ4v) is 1.98. The van der Waals surface area contributed by atoms with Crippen molar-refractivity contribution in [3.8, 4) is 5.75 Å². The molecule has 2 rings (SSSR count). The highest BCUT2D eigenvalue weighted by Crippen LogP contribution is 2.23. The van der Waals surface area contributed by atoms with Crippen LogP contribution in [-0.2, 0) is 6.61 Å². The summed E-state index contributed by atoms with van der Waals surface area (Å²) in [5, 5.41) is 0.767. The normalized spacial score (nSPS) is 10.4. The van der Waals surface area contributed by atoms with Gasteiger partial charge in [0.1, 0.15) is 22.7 Å². The molecule has 1 heterocycles. The first-order chi connectivity index (χ1) is 8.58. The highest BCUT2D eigenvalue weighted by molar-refractivity contribution is 6.32. The third kappa shape index (κ3) is 2.95. The highest BCUT2D eigenvalue weighted by Gasteiger charge is 2.06. The van der Waals surface area contributed by atoms with E-state index in [-0.39, 0.29) is 0 Å². The van der Waals surface area contributed by atoms with Gasteiger partial charge in [-0.25, -0.2) is 4.98 Å². The predicted molar refractivity (Wildman–Crippen MR) is 74.5 cm³/mol. The number of halogens is 2. The van der Waals surface area contributed by atoms with Crippen LogP contribution in [0.1, 0.15) is 16.7 Å². The molecule has 0 amide bonds. The van der Waals surface area contributed by atoms with Gasteiger partial charge in [-0.15, -0.1) is 0 Å². The molecule has 0 N–H and O–H groups in total. The number of aromatic nitrogens is 1. The van der Waals surface area contributed by atoms with Crippen molar-refractivity contribution in [3.05, 3.63) is 57.3 Å². The number of benzene rings is 1. The molecule has 0 bridgehead atoms. The molecule has 0 fully saturated rings. The maximum atomic E-state index is 5.99. The molecule has 18 heavy (non-hydrogen) atoms. The summed E-state index contributed by atoms with van der Waals surface area (Å²) < 4.78 is 5.76. The fraction of sp³-hybridized carbons (Fsp3) is 0.214. The lowest BCUT2D eigenvalue weighted by Crippen LogP contribution is -1.99. The summed E-state index contributed by atoms with van der Waals surface area (Å²) in [6, 6.07) is 9.50. The third-order valence-electron chi connectivity index (χ3n) is 2.83. The van der Waals surface area contributed by atoms with Crippen LogP contribution in [0.4, 0.5) is 0 Å². The van der Waals surface area contributed by atoms with E-state index in [0.29, 0.717) is 16.9 Å². The van der Waals surface area contributed by atoms with Crippen molar-refractivity contribution >= 4 is 23.2 Å². The summed E-state index contributed by atoms with van der Waals surface area (Å²) in [5.74, 6) is 0.862. The first-order valence-electron chi connectivity index (χ1n) is 5.58. The van der Waals surface area contributed by atoms with Gasteiger partial charge in [-0.3, -0.25) is 0 Å². The van der Waals surface area contributed by atoms with Crippen LogP contribution in [0.25, 0.3) is 0 Å². The van der Waals surface area contributed by atoms with E-state index in [1.165, 1.54) is 5.56 Å². The average Bonchev–Trinajstić information content (AvgIpc) is 2.33. The Balaban J connectivity index is 2.14. The van der Waals surface area contributed by atoms with Crippen LogP contribution in [0.2, 0.25) is 10.3 Å². The predicted octanol–water partition coefficient (Wildman–Crippen LogP) is 4.58. The van der Waals surface area contributed by atoms with E-state index >= 15 is 0 Å². The summed E-state index contributed by atoms with van der Waals surface area (Å²) in [4.78, 5) is 3.98. The second-order valence-electron chi connectivity index (χ2n) is 4.07. The minimum Gasteiger partial charge on any atom is -0.489 e. The van der Waals surface area contributed by atoms with Crippen LogP contribution in [0.5, 0.6) is 5.75 Å². The zero-order chi connectivity index (χ0) is 13.1. The van der Waals surface area contributed by atoms with Gasteiger partial charge in [0.05, 0.1) is 0 Å². The molecule has 94 valence electrons. The van der Waals surface area contributed by atoms with Gasteiger partial charge >= 0.3 is 0 Å². The summed E-state index contributed by atoms with van der Waals surface area (Å²) in [7, 11) is 0. The van der Waals surface area contributed by atoms with E-state index in [2.05, 4.69) is 18.0 Å². The number of rotatable bonds is 3. The molecule has 0 aliphatic carbocycles. The molecule has 0 aliphatic heterocycles. The van der Waals surface area contributed by atoms with Crippen LogP contribution < -0.4 is 4.74 Å². The third-order valence-corrected chi connectivity index (χ3v) is 3.37. The van der Waals surface area contributed by atoms with E-state index in [1.807, 2.05) is 25.1 Å². The Morgan fingerprint density at radius 1 is 1.11 bits per heavy atom. The van der Waals surface area contributed by atoms with E-state index < -0.39 is 0 Å². The van der Waals surface area contributed by atoms with Gasteiger partial charge in [0.2, 0.25) is 0 Å². The molecule has 4 heteroatoms. The first kappa shape index (κ1) is 13.2. The summed E-state index contributed by atoms with van der Waals surface area (Å²) in [5.41, 5.74) is 3.16. The second-order valence-corrected chi connectivity index (χ2v) is 4.82. The first-order valence-corrected chi connectivity index (χ1v) is 6.33. The highest BCUT2D eigenvalue weighted by atomic mass is 35.5. The Bertz CT molecular complexity index is 570. The number of ether oxygens (including phenoxy) is 1. The number of hydrogen-bond donors (Lipinski definition) is 0. The number of nitrogens with zero attached hydrogens (tertiary/aromatic N) is 1. The molecule has 0 radical (unpaired) electrons. The van der Waals surface area contributed by atoms with Gasteiger partial charge in [0.15, 0.2) is 0 Å². The number of pyridine rings is 1. The fourth-order valence-electron chi connectivity index (χ4n) is 1.58. The summed E-state index contributed by atoms with van der Waals surface area (Å²) in [6.45, 7) is 4.47. The zero-order valence-electron chi connectivity index (χ0n) is 10.2. The lowest BCUT2D eigenvalue weighted by molar-refractivity contribution is 0.303. The van der Waals surface area contributed by atoms with E-state index in [1.54, 1.807) is 6.07 Å². The monoisotopic (exact) mass is 281 g/mol. The summed E-state index contributed by atoms with van der Waals surface area (Å²) in [6.07, 6.45) is 0. The molecule has 1 aromatic heterocycles. The van der Waals surface area contributed by atoms with Crippen molar-refractivity contribution in [3.63, 3.8) is 0 Å². The van der Waals surface area contributed by atoms with Crippen LogP contribution in [0, 0.1) is 13.8 Å². The van der Waals surface area contributed by atoms with Gasteiger partial charge < -0.3 is 4.74 Å². The Morgan fingerprint density at radius 2 is 1.89 bits per heavy atom. The van der Waals surface area contributed by atoms with Gasteiger partial charge in [0.25, 0.3) is 0 Å². The van der Waals surface area contributed by atoms with Gasteiger partial charge in [-0.05, 0) is 43.2 Å². The topological polar surface area (TPSA) is 22.1 Å². The molecule has 0 aliphatic rings. The van der Waals surface area contributed by atoms with Crippen molar-refractivity contribution in [2.24, 2.45) is 0 Å². The van der Waals surface area contributed by atoms with Crippen molar-refractivity contribution in [2.45, 2.75) is 20.5 Å². The average molecular weight is 282 g/mol. The van der Waals surface area contributed by atoms with Crippen molar-refractivity contribution < 1.29 is 4.74 Å². The van der Waals surface area contributed by atoms with Gasteiger partial charge in [-0.1, -0.05) is 35.3 Å². The minimum atomic E-state index is 0.382. The Kier molecular flexibility index (Phi) is 4.10. The van der Waals surface area contributed by atoms with Crippen LogP contribution >= 0.6 is 23.2 Å². The van der Waals surface area contributed by atoms with Crippen molar-refractivity contribution in [1.82, 2.24) is 4.98 Å². The number of hydrogen-bond acceptors (Lipinski definition) is 2. The van der Waals surface area contributed by atoms with Crippen molar-refractivity contribution in [2.75, 3.05) is 0 Å². The van der Waals surface area contributed by atoms with E-state index in [9.17, 15) is 0 Å². The molecular formula is C14H13Cl2NO. The summed E-state index contributed by atoms with van der Waals surface area (Å²) >= 11 is 11.7. The Hall–Kier alpha value is -1.25. The SMILES string of the molecule is Cc1cccc(OCc2ccc(Cl)nc2Cl)c1C. The molecule has 0 saturated carbocycles. The lowest BCUT2D eigenvalue weighted by Gasteiger charge is -2.11. The molecule has 0 atom stereocenters. The molecule has 0 saturated heterocycles. The van der Waals surface area contributed by atoms with E-state index in [0.717, 1.165) is 16.9 Å². The molecule has 2 nitrogen and oxygen atoms in total. The lowest BCUT2D eigenvalue weighted by atomic mass is 10.1. The van der Waals surface area contributed by atoms with Crippen LogP contribution in [0.3, 0.4) is 0 Å². The Labute approximate surface area is 117 Å². The van der Waals surface area contributed by atoms with E-state index in [4.69, 9.17) is 27.9 Å². The van der Waals surface area contributed by atoms with Gasteiger partial charge in [0, 0.05) is 5.56 Å². The van der Waals surface area contributed by atoms with Crippen LogP contribution in [-0.4, -0.2) is 4.98 Å². The maximum Gasteiger partial charge on any atom is 0.137 e. The second kappa shape index (κ2) is 5.59. The largest absolute Gasteiger partial charge is 0.489 e. The van der Waals surface area contributed by atoms with Crippen molar-refractivity contribution in [1.29, 1.82) is 0 Å². The molecule has 0 unspecified atom stereocenters. The Morgan fingerprint density at radius 3 is 2.61 bits per heavy atom. The molecule has 1 aromatic carbocycles. The van der Waals surface area contributed by atoms with Gasteiger partial charge in [-0.2, -0.15) is 0 Å². The molecule has 0 spiro atoms. The molecule has 2 aromatic rings. The standard InChI is InChI=1S/C14H13Cl2NO/c1-9-4-3-5-12(10(9)2)18-8-11-6-7-13(15)17-14(11)16/h3-7H,8H2,1-2H3. The maximum absolute atomic E-state index is 5.99. The van der Waals surface area contributed by atoms with Crippen LogP contribution in [0.15, 0.2) is 30.3 Å². The minimum absolute atomic E-state index is 0.382.